The number of carbonyl (C=O) groups excluding carboxylic acids is 2. The standard InChI is InChI=1S/C29H45NO2.C5H12.C2H6/c1-5-6-7-8-9-10-11-12-13-14-15-16-17-18-19-20-21-22-23-24-29(32)30-28(27(4)31)25-26(2)3;1-3-5-4-2;1-2/h6-7,9-10,12-13,15-16,18-19,21-22,26,28H,5,8,11,14,17,20,23-25H2,1-4H3,(H,30,32);3-5H2,1-2H3;1-2H3/b7-6-,10-9-,13-12-,16-15-,19-18-,22-21-;;. The largest absolute Gasteiger partial charge is 0.346 e. The van der Waals surface area contributed by atoms with E-state index in [2.05, 4.69) is 107 Å². The summed E-state index contributed by atoms with van der Waals surface area (Å²) in [5.74, 6) is 0.360. The van der Waals surface area contributed by atoms with E-state index in [-0.39, 0.29) is 17.7 Å². The van der Waals surface area contributed by atoms with Crippen molar-refractivity contribution in [2.45, 2.75) is 138 Å². The van der Waals surface area contributed by atoms with Gasteiger partial charge in [0.25, 0.3) is 0 Å². The van der Waals surface area contributed by atoms with Crippen LogP contribution in [0.25, 0.3) is 0 Å². The van der Waals surface area contributed by atoms with E-state index in [0.717, 1.165) is 38.5 Å². The molecule has 224 valence electrons. The zero-order valence-corrected chi connectivity index (χ0v) is 26.9. The van der Waals surface area contributed by atoms with Crippen LogP contribution in [0.2, 0.25) is 0 Å². The maximum absolute atomic E-state index is 12.0. The van der Waals surface area contributed by atoms with Crippen LogP contribution < -0.4 is 5.32 Å². The number of Topliss-reactive ketones (excluding diaryl/α,β-unsaturated/α-hetero) is 1. The van der Waals surface area contributed by atoms with E-state index in [4.69, 9.17) is 0 Å². The smallest absolute Gasteiger partial charge is 0.220 e. The minimum atomic E-state index is -0.354. The maximum Gasteiger partial charge on any atom is 0.220 e. The molecule has 1 unspecified atom stereocenters. The van der Waals surface area contributed by atoms with Crippen LogP contribution in [0.5, 0.6) is 0 Å². The molecule has 0 aromatic carbocycles. The van der Waals surface area contributed by atoms with Crippen molar-refractivity contribution >= 4 is 11.7 Å². The Morgan fingerprint density at radius 3 is 1.33 bits per heavy atom. The second kappa shape index (κ2) is 35.6. The summed E-state index contributed by atoms with van der Waals surface area (Å²) in [5, 5.41) is 2.85. The first-order valence-corrected chi connectivity index (χ1v) is 15.6. The van der Waals surface area contributed by atoms with Crippen molar-refractivity contribution in [2.24, 2.45) is 5.92 Å². The van der Waals surface area contributed by atoms with Crippen molar-refractivity contribution in [3.05, 3.63) is 72.9 Å². The van der Waals surface area contributed by atoms with Crippen LogP contribution in [0.4, 0.5) is 0 Å². The fourth-order valence-electron chi connectivity index (χ4n) is 3.27. The fraction of sp³-hybridized carbons (Fsp3) is 0.611. The number of unbranched alkanes of at least 4 members (excludes halogenated alkanes) is 2. The minimum Gasteiger partial charge on any atom is -0.346 e. The Bertz CT molecular complexity index is 706. The summed E-state index contributed by atoms with van der Waals surface area (Å²) in [5.41, 5.74) is 0. The molecular weight excluding hydrogens is 478 g/mol. The molecule has 0 saturated heterocycles. The normalized spacial score (nSPS) is 12.5. The zero-order valence-electron chi connectivity index (χ0n) is 26.9. The highest BCUT2D eigenvalue weighted by Crippen LogP contribution is 2.06. The fourth-order valence-corrected chi connectivity index (χ4v) is 3.27. The van der Waals surface area contributed by atoms with Gasteiger partial charge in [0, 0.05) is 6.42 Å². The second-order valence-electron chi connectivity index (χ2n) is 9.67. The molecular formula is C36H63NO2. The summed E-state index contributed by atoms with van der Waals surface area (Å²) in [6.07, 6.45) is 37.8. The highest BCUT2D eigenvalue weighted by atomic mass is 16.2. The van der Waals surface area contributed by atoms with Crippen LogP contribution in [0.15, 0.2) is 72.9 Å². The number of amides is 1. The molecule has 39 heavy (non-hydrogen) atoms. The molecule has 0 saturated carbocycles. The van der Waals surface area contributed by atoms with Gasteiger partial charge in [0.05, 0.1) is 6.04 Å². The second-order valence-corrected chi connectivity index (χ2v) is 9.67. The van der Waals surface area contributed by atoms with Crippen LogP contribution in [-0.4, -0.2) is 17.7 Å². The van der Waals surface area contributed by atoms with Gasteiger partial charge in [-0.2, -0.15) is 0 Å². The van der Waals surface area contributed by atoms with E-state index in [9.17, 15) is 9.59 Å². The van der Waals surface area contributed by atoms with Crippen LogP contribution in [0.3, 0.4) is 0 Å². The average molecular weight is 542 g/mol. The van der Waals surface area contributed by atoms with Gasteiger partial charge in [0.15, 0.2) is 5.78 Å². The van der Waals surface area contributed by atoms with Crippen molar-refractivity contribution in [1.29, 1.82) is 0 Å². The molecule has 0 fully saturated rings. The lowest BCUT2D eigenvalue weighted by Crippen LogP contribution is -2.40. The molecule has 0 aromatic rings. The number of hydrogen-bond acceptors (Lipinski definition) is 2. The first kappa shape index (κ1) is 41.1. The maximum atomic E-state index is 12.0. The Morgan fingerprint density at radius 2 is 1.03 bits per heavy atom. The lowest BCUT2D eigenvalue weighted by molar-refractivity contribution is -0.127. The molecule has 0 radical (unpaired) electrons. The van der Waals surface area contributed by atoms with E-state index < -0.39 is 0 Å². The van der Waals surface area contributed by atoms with Gasteiger partial charge in [-0.15, -0.1) is 0 Å². The average Bonchev–Trinajstić information content (AvgIpc) is 2.91. The molecule has 3 nitrogen and oxygen atoms in total. The first-order chi connectivity index (χ1) is 18.9. The van der Waals surface area contributed by atoms with E-state index in [0.29, 0.717) is 25.2 Å². The number of nitrogens with one attached hydrogen (secondary N) is 1. The number of hydrogen-bond donors (Lipinski definition) is 1. The first-order valence-electron chi connectivity index (χ1n) is 15.6. The molecule has 0 aromatic heterocycles. The molecule has 0 aliphatic rings. The van der Waals surface area contributed by atoms with Gasteiger partial charge in [-0.1, -0.05) is 141 Å². The number of carbonyl (C=O) groups is 2. The van der Waals surface area contributed by atoms with Crippen LogP contribution in [-0.2, 0) is 9.59 Å². The van der Waals surface area contributed by atoms with Crippen LogP contribution in [0.1, 0.15) is 132 Å². The van der Waals surface area contributed by atoms with Crippen LogP contribution in [0, 0.1) is 5.92 Å². The van der Waals surface area contributed by atoms with Gasteiger partial charge < -0.3 is 5.32 Å². The Kier molecular flexibility index (Phi) is 37.5. The molecule has 0 spiro atoms. The predicted molar refractivity (Wildman–Crippen MR) is 176 cm³/mol. The van der Waals surface area contributed by atoms with Crippen molar-refractivity contribution in [3.8, 4) is 0 Å². The molecule has 1 N–H and O–H groups in total. The number of allylic oxidation sites excluding steroid dienone is 12. The van der Waals surface area contributed by atoms with Crippen LogP contribution >= 0.6 is 0 Å². The zero-order chi connectivity index (χ0) is 30.0. The molecule has 0 aliphatic carbocycles. The Morgan fingerprint density at radius 1 is 0.641 bits per heavy atom. The van der Waals surface area contributed by atoms with Crippen molar-refractivity contribution in [1.82, 2.24) is 5.32 Å². The molecule has 0 rings (SSSR count). The summed E-state index contributed by atoms with van der Waals surface area (Å²) in [4.78, 5) is 23.6. The Hall–Kier alpha value is -2.42. The Labute approximate surface area is 243 Å². The molecule has 1 amide bonds. The third-order valence-corrected chi connectivity index (χ3v) is 5.37. The number of rotatable bonds is 20. The van der Waals surface area contributed by atoms with E-state index in [1.807, 2.05) is 19.9 Å². The van der Waals surface area contributed by atoms with Gasteiger partial charge in [-0.3, -0.25) is 9.59 Å². The SMILES string of the molecule is CC.CC/C=C\C/C=C\C/C=C\C/C=C\C/C=C\C/C=C\CCC(=O)NC(CC(C)C)C(C)=O.CCCCC. The third kappa shape index (κ3) is 37.8. The number of ketones is 1. The highest BCUT2D eigenvalue weighted by molar-refractivity contribution is 5.87. The summed E-state index contributed by atoms with van der Waals surface area (Å²) in [7, 11) is 0. The molecule has 3 heteroatoms. The predicted octanol–water partition coefficient (Wildman–Crippen LogP) is 10.8. The molecule has 0 heterocycles. The Balaban J connectivity index is -0.00000165. The van der Waals surface area contributed by atoms with Crippen molar-refractivity contribution in [3.63, 3.8) is 0 Å². The molecule has 1 atom stereocenters. The lowest BCUT2D eigenvalue weighted by Gasteiger charge is -2.17. The monoisotopic (exact) mass is 541 g/mol. The quantitative estimate of drug-likeness (QED) is 0.156. The van der Waals surface area contributed by atoms with E-state index in [1.54, 1.807) is 6.92 Å². The van der Waals surface area contributed by atoms with E-state index >= 15 is 0 Å². The summed E-state index contributed by atoms with van der Waals surface area (Å²) < 4.78 is 0. The molecule has 0 bridgehead atoms. The summed E-state index contributed by atoms with van der Waals surface area (Å²) in [6.45, 7) is 16.2. The summed E-state index contributed by atoms with van der Waals surface area (Å²) in [6, 6.07) is -0.354. The topological polar surface area (TPSA) is 46.2 Å². The van der Waals surface area contributed by atoms with Gasteiger partial charge >= 0.3 is 0 Å². The van der Waals surface area contributed by atoms with Gasteiger partial charge in [-0.05, 0) is 64.2 Å². The van der Waals surface area contributed by atoms with Crippen molar-refractivity contribution < 1.29 is 9.59 Å². The third-order valence-electron chi connectivity index (χ3n) is 5.37. The lowest BCUT2D eigenvalue weighted by atomic mass is 10.0. The van der Waals surface area contributed by atoms with E-state index in [1.165, 1.54) is 19.3 Å². The van der Waals surface area contributed by atoms with Gasteiger partial charge in [-0.25, -0.2) is 0 Å². The summed E-state index contributed by atoms with van der Waals surface area (Å²) >= 11 is 0. The minimum absolute atomic E-state index is 0.0287. The molecule has 0 aliphatic heterocycles. The van der Waals surface area contributed by atoms with Crippen molar-refractivity contribution in [2.75, 3.05) is 0 Å². The highest BCUT2D eigenvalue weighted by Gasteiger charge is 2.17. The van der Waals surface area contributed by atoms with Gasteiger partial charge in [0.1, 0.15) is 0 Å². The van der Waals surface area contributed by atoms with Gasteiger partial charge in [0.2, 0.25) is 5.91 Å².